The Morgan fingerprint density at radius 3 is 2.58 bits per heavy atom. The summed E-state index contributed by atoms with van der Waals surface area (Å²) in [6.45, 7) is 2.68. The second-order valence-corrected chi connectivity index (χ2v) is 13.2. The molecule has 45 heavy (non-hydrogen) atoms. The molecule has 1 atom stereocenters. The molecular weight excluding hydrogens is 626 g/mol. The van der Waals surface area contributed by atoms with Gasteiger partial charge >= 0.3 is 5.91 Å². The highest BCUT2D eigenvalue weighted by Gasteiger charge is 2.48. The van der Waals surface area contributed by atoms with E-state index in [0.717, 1.165) is 30.2 Å². The Kier molecular flexibility index (Phi) is 9.49. The first-order chi connectivity index (χ1) is 21.9. The summed E-state index contributed by atoms with van der Waals surface area (Å²) in [5.41, 5.74) is 2.11. The third kappa shape index (κ3) is 6.61. The fourth-order valence-electron chi connectivity index (χ4n) is 5.34. The topological polar surface area (TPSA) is 92.6 Å². The highest BCUT2D eigenvalue weighted by atomic mass is 35.5. The molecule has 1 aromatic heterocycles. The van der Waals surface area contributed by atoms with Crippen LogP contribution in [0.4, 0.5) is 5.13 Å². The van der Waals surface area contributed by atoms with Crippen LogP contribution in [0.3, 0.4) is 0 Å². The number of unbranched alkanes of at least 4 members (excludes halogenated alkanes) is 2. The first-order valence-electron chi connectivity index (χ1n) is 14.7. The lowest BCUT2D eigenvalue weighted by Gasteiger charge is -2.23. The zero-order chi connectivity index (χ0) is 31.3. The molecule has 6 rings (SSSR count). The first-order valence-corrected chi connectivity index (χ1v) is 16.8. The number of hydrogen-bond donors (Lipinski definition) is 1. The van der Waals surface area contributed by atoms with Crippen molar-refractivity contribution >= 4 is 68.1 Å². The molecule has 0 spiro atoms. The third-order valence-electron chi connectivity index (χ3n) is 7.59. The summed E-state index contributed by atoms with van der Waals surface area (Å²) in [5, 5.41) is 23.2. The molecule has 0 aliphatic carbocycles. The Balaban J connectivity index is 1.35. The molecule has 10 heteroatoms. The van der Waals surface area contributed by atoms with Gasteiger partial charge in [0, 0.05) is 16.3 Å². The second-order valence-electron chi connectivity index (χ2n) is 10.6. The van der Waals surface area contributed by atoms with Crippen molar-refractivity contribution in [3.8, 4) is 5.75 Å². The van der Waals surface area contributed by atoms with Crippen LogP contribution in [0.5, 0.6) is 5.75 Å². The van der Waals surface area contributed by atoms with E-state index < -0.39 is 17.7 Å². The molecule has 7 nitrogen and oxygen atoms in total. The number of fused-ring (bicyclic) bond motifs is 1. The Morgan fingerprint density at radius 2 is 1.76 bits per heavy atom. The Morgan fingerprint density at radius 1 is 0.978 bits per heavy atom. The van der Waals surface area contributed by atoms with Crippen molar-refractivity contribution in [3.63, 3.8) is 0 Å². The summed E-state index contributed by atoms with van der Waals surface area (Å²) in [7, 11) is 0. The maximum absolute atomic E-state index is 13.7. The Hall–Kier alpha value is -4.18. The van der Waals surface area contributed by atoms with Gasteiger partial charge in [-0.1, -0.05) is 109 Å². The number of benzene rings is 4. The van der Waals surface area contributed by atoms with E-state index in [1.165, 1.54) is 33.4 Å². The van der Waals surface area contributed by atoms with Gasteiger partial charge in [0.05, 0.1) is 18.2 Å². The lowest BCUT2D eigenvalue weighted by molar-refractivity contribution is -0.132. The van der Waals surface area contributed by atoms with Crippen LogP contribution in [0.2, 0.25) is 5.02 Å². The SMILES string of the molecule is CCCCCOc1cccc(C2C(=C(O)c3ccc(Cl)cc3)C(=O)C(=O)N2c2nnc(SCc3cccc4ccccc34)s2)c1. The zero-order valence-corrected chi connectivity index (χ0v) is 26.9. The van der Waals surface area contributed by atoms with Crippen molar-refractivity contribution < 1.29 is 19.4 Å². The molecular formula is C35H30ClN3O4S2. The van der Waals surface area contributed by atoms with Crippen molar-refractivity contribution in [2.45, 2.75) is 42.3 Å². The molecule has 228 valence electrons. The van der Waals surface area contributed by atoms with E-state index in [2.05, 4.69) is 41.4 Å². The first kappa shape index (κ1) is 30.8. The van der Waals surface area contributed by atoms with E-state index in [0.29, 0.717) is 38.6 Å². The van der Waals surface area contributed by atoms with Crippen molar-refractivity contribution in [1.82, 2.24) is 10.2 Å². The van der Waals surface area contributed by atoms with Gasteiger partial charge in [0.15, 0.2) is 4.34 Å². The molecule has 2 heterocycles. The van der Waals surface area contributed by atoms with E-state index in [4.69, 9.17) is 16.3 Å². The fraction of sp³-hybridized carbons (Fsp3) is 0.200. The van der Waals surface area contributed by atoms with E-state index in [1.807, 2.05) is 42.5 Å². The molecule has 1 unspecified atom stereocenters. The summed E-state index contributed by atoms with van der Waals surface area (Å²) in [6, 6.07) is 27.2. The Labute approximate surface area is 274 Å². The van der Waals surface area contributed by atoms with E-state index in [-0.39, 0.29) is 16.5 Å². The number of aliphatic hydroxyl groups excluding tert-OH is 1. The average molecular weight is 656 g/mol. The van der Waals surface area contributed by atoms with Crippen LogP contribution in [-0.4, -0.2) is 33.6 Å². The van der Waals surface area contributed by atoms with Gasteiger partial charge in [-0.2, -0.15) is 0 Å². The average Bonchev–Trinajstić information content (AvgIpc) is 3.63. The molecule has 0 saturated carbocycles. The van der Waals surface area contributed by atoms with E-state index in [1.54, 1.807) is 24.3 Å². The standard InChI is InChI=1S/C35H30ClN3O4S2/c1-2-3-6-19-43-27-13-8-11-24(20-27)30-29(31(40)23-15-17-26(36)18-16-23)32(41)33(42)39(30)34-37-38-35(45-34)44-21-25-12-7-10-22-9-4-5-14-28(22)25/h4-5,7-18,20,30,40H,2-3,6,19,21H2,1H3. The monoisotopic (exact) mass is 655 g/mol. The number of Topliss-reactive ketones (excluding diaryl/α,β-unsaturated/α-hetero) is 1. The van der Waals surface area contributed by atoms with Crippen LogP contribution >= 0.6 is 34.7 Å². The van der Waals surface area contributed by atoms with E-state index >= 15 is 0 Å². The number of anilines is 1. The molecule has 1 aliphatic heterocycles. The summed E-state index contributed by atoms with van der Waals surface area (Å²) < 4.78 is 6.65. The number of amides is 1. The number of carbonyl (C=O) groups excluding carboxylic acids is 2. The van der Waals surface area contributed by atoms with Gasteiger partial charge in [0.1, 0.15) is 11.5 Å². The maximum atomic E-state index is 13.7. The highest BCUT2D eigenvalue weighted by molar-refractivity contribution is 8.00. The van der Waals surface area contributed by atoms with Gasteiger partial charge in [-0.3, -0.25) is 14.5 Å². The number of thioether (sulfide) groups is 1. The maximum Gasteiger partial charge on any atom is 0.301 e. The van der Waals surface area contributed by atoms with Crippen LogP contribution in [-0.2, 0) is 15.3 Å². The van der Waals surface area contributed by atoms with Gasteiger partial charge in [0.25, 0.3) is 5.78 Å². The number of halogens is 1. The minimum atomic E-state index is -0.941. The predicted octanol–water partition coefficient (Wildman–Crippen LogP) is 8.83. The van der Waals surface area contributed by atoms with Gasteiger partial charge in [0.2, 0.25) is 5.13 Å². The predicted molar refractivity (Wildman–Crippen MR) is 181 cm³/mol. The van der Waals surface area contributed by atoms with Crippen molar-refractivity contribution in [2.24, 2.45) is 0 Å². The molecule has 1 amide bonds. The molecule has 1 saturated heterocycles. The number of hydrogen-bond acceptors (Lipinski definition) is 8. The third-order valence-corrected chi connectivity index (χ3v) is 9.94. The quantitative estimate of drug-likeness (QED) is 0.0379. The molecule has 4 aromatic carbocycles. The lowest BCUT2D eigenvalue weighted by atomic mass is 9.95. The summed E-state index contributed by atoms with van der Waals surface area (Å²) in [4.78, 5) is 28.6. The number of rotatable bonds is 11. The van der Waals surface area contributed by atoms with Crippen LogP contribution in [0.15, 0.2) is 101 Å². The normalized spacial score (nSPS) is 16.0. The second kappa shape index (κ2) is 13.9. The number of ether oxygens (including phenoxy) is 1. The molecule has 1 N–H and O–H groups in total. The number of aliphatic hydroxyl groups is 1. The van der Waals surface area contributed by atoms with Crippen LogP contribution < -0.4 is 9.64 Å². The van der Waals surface area contributed by atoms with E-state index in [9.17, 15) is 14.7 Å². The van der Waals surface area contributed by atoms with Crippen LogP contribution in [0.1, 0.15) is 48.9 Å². The minimum absolute atomic E-state index is 0.0365. The number of ketones is 1. The number of nitrogens with zero attached hydrogens (tertiary/aromatic N) is 3. The molecule has 1 aliphatic rings. The molecule has 0 bridgehead atoms. The molecule has 5 aromatic rings. The number of carbonyl (C=O) groups is 2. The summed E-state index contributed by atoms with van der Waals surface area (Å²) >= 11 is 8.82. The van der Waals surface area contributed by atoms with Gasteiger partial charge in [-0.15, -0.1) is 10.2 Å². The molecule has 1 fully saturated rings. The Bertz CT molecular complexity index is 1880. The summed E-state index contributed by atoms with van der Waals surface area (Å²) in [5.74, 6) is -0.605. The van der Waals surface area contributed by atoms with Crippen molar-refractivity contribution in [1.29, 1.82) is 0 Å². The largest absolute Gasteiger partial charge is 0.507 e. The van der Waals surface area contributed by atoms with Gasteiger partial charge in [-0.05, 0) is 64.7 Å². The van der Waals surface area contributed by atoms with Gasteiger partial charge in [-0.25, -0.2) is 0 Å². The lowest BCUT2D eigenvalue weighted by Crippen LogP contribution is -2.29. The van der Waals surface area contributed by atoms with Crippen molar-refractivity contribution in [2.75, 3.05) is 11.5 Å². The van der Waals surface area contributed by atoms with Gasteiger partial charge < -0.3 is 9.84 Å². The zero-order valence-electron chi connectivity index (χ0n) is 24.5. The van der Waals surface area contributed by atoms with Crippen LogP contribution in [0, 0.1) is 0 Å². The molecule has 0 radical (unpaired) electrons. The summed E-state index contributed by atoms with van der Waals surface area (Å²) in [6.07, 6.45) is 3.05. The van der Waals surface area contributed by atoms with Crippen LogP contribution in [0.25, 0.3) is 16.5 Å². The number of aromatic nitrogens is 2. The highest BCUT2D eigenvalue weighted by Crippen LogP contribution is 2.44. The minimum Gasteiger partial charge on any atom is -0.507 e. The smallest absolute Gasteiger partial charge is 0.301 e. The fourth-order valence-corrected chi connectivity index (χ4v) is 7.34. The van der Waals surface area contributed by atoms with Crippen molar-refractivity contribution in [3.05, 3.63) is 118 Å².